The number of hydrogen-bond donors (Lipinski definition) is 4. The van der Waals surface area contributed by atoms with Crippen molar-refractivity contribution in [3.8, 4) is 11.8 Å². The summed E-state index contributed by atoms with van der Waals surface area (Å²) < 4.78 is 0. The molecule has 1 amide bonds. The number of benzene rings is 1. The molecule has 4 aromatic rings. The first-order chi connectivity index (χ1) is 16.1. The molecule has 0 bridgehead atoms. The maximum absolute atomic E-state index is 12.9. The number of rotatable bonds is 4. The molecular formula is C23H18N8O2. The number of anilines is 1. The van der Waals surface area contributed by atoms with Gasteiger partial charge in [0.1, 0.15) is 5.82 Å². The third-order valence-electron chi connectivity index (χ3n) is 5.31. The molecule has 0 saturated heterocycles. The zero-order valence-electron chi connectivity index (χ0n) is 17.3. The van der Waals surface area contributed by atoms with Crippen LogP contribution in [0.15, 0.2) is 52.6 Å². The number of aromatic nitrogens is 4. The molecule has 1 atom stereocenters. The highest BCUT2D eigenvalue weighted by molar-refractivity contribution is 6.11. The number of primary amides is 1. The van der Waals surface area contributed by atoms with Crippen molar-refractivity contribution in [1.82, 2.24) is 25.6 Å². The summed E-state index contributed by atoms with van der Waals surface area (Å²) in [6.07, 6.45) is 5.60. The first-order valence-electron chi connectivity index (χ1n) is 10.2. The molecular weight excluding hydrogens is 420 g/mol. The number of carbonyl (C=O) groups excluding carboxylic acids is 1. The number of hydrogen-bond acceptors (Lipinski definition) is 8. The summed E-state index contributed by atoms with van der Waals surface area (Å²) >= 11 is 0. The monoisotopic (exact) mass is 438 g/mol. The van der Waals surface area contributed by atoms with Crippen molar-refractivity contribution < 1.29 is 4.79 Å². The van der Waals surface area contributed by atoms with Crippen LogP contribution in [0.2, 0.25) is 0 Å². The Morgan fingerprint density at radius 3 is 2.94 bits per heavy atom. The van der Waals surface area contributed by atoms with Gasteiger partial charge in [-0.1, -0.05) is 18.1 Å². The molecule has 0 fully saturated rings. The van der Waals surface area contributed by atoms with Crippen LogP contribution in [0.25, 0.3) is 21.7 Å². The van der Waals surface area contributed by atoms with E-state index in [0.29, 0.717) is 34.2 Å². The van der Waals surface area contributed by atoms with Crippen LogP contribution in [-0.4, -0.2) is 32.3 Å². The Kier molecular flexibility index (Phi) is 5.12. The second-order valence-corrected chi connectivity index (χ2v) is 7.43. The Morgan fingerprint density at radius 2 is 2.18 bits per heavy atom. The van der Waals surface area contributed by atoms with Crippen LogP contribution < -0.4 is 22.0 Å². The summed E-state index contributed by atoms with van der Waals surface area (Å²) in [5, 5.41) is 17.2. The molecule has 3 aromatic heterocycles. The second kappa shape index (κ2) is 8.39. The van der Waals surface area contributed by atoms with E-state index in [1.807, 2.05) is 30.5 Å². The second-order valence-electron chi connectivity index (χ2n) is 7.43. The lowest BCUT2D eigenvalue weighted by Gasteiger charge is -2.15. The molecule has 1 aromatic carbocycles. The summed E-state index contributed by atoms with van der Waals surface area (Å²) in [7, 11) is 0. The Hall–Kier alpha value is -4.78. The minimum Gasteiger partial charge on any atom is -0.364 e. The van der Waals surface area contributed by atoms with E-state index in [-0.39, 0.29) is 11.6 Å². The van der Waals surface area contributed by atoms with Crippen LogP contribution in [0.5, 0.6) is 0 Å². The number of amides is 1. The molecule has 0 aliphatic carbocycles. The number of nitrogens with two attached hydrogens (primary N) is 1. The highest BCUT2D eigenvalue weighted by Crippen LogP contribution is 2.32. The van der Waals surface area contributed by atoms with Gasteiger partial charge < -0.3 is 21.5 Å². The van der Waals surface area contributed by atoms with Crippen LogP contribution >= 0.6 is 0 Å². The predicted molar refractivity (Wildman–Crippen MR) is 124 cm³/mol. The zero-order chi connectivity index (χ0) is 22.8. The lowest BCUT2D eigenvalue weighted by molar-refractivity contribution is -0.112. The number of hydrazone groups is 1. The highest BCUT2D eigenvalue weighted by Gasteiger charge is 2.18. The van der Waals surface area contributed by atoms with E-state index in [0.717, 1.165) is 23.1 Å². The molecule has 10 nitrogen and oxygen atoms in total. The van der Waals surface area contributed by atoms with Crippen LogP contribution in [0.1, 0.15) is 29.3 Å². The molecule has 10 heteroatoms. The van der Waals surface area contributed by atoms with Gasteiger partial charge in [0.2, 0.25) is 0 Å². The standard InChI is InChI=1S/C23H18N8O2/c24-19(32)6-4-14-11-26-23(33)20-17-10-13(18-7-9-28-31-18)3-5-16(17)22(29-21(14)20)25-12-15-2-1-8-27-30-15/h1-3,5,8-11,18,31H,7,12H2,(H2,24,32)(H,25,29)(H,26,33). The van der Waals surface area contributed by atoms with Crippen LogP contribution in [-0.2, 0) is 11.3 Å². The SMILES string of the molecule is NC(=O)C#Cc1c[nH]c(=O)c2c1nc(NCc1cccnn1)c1ccc(C3CC=NN3)cc12. The molecule has 0 radical (unpaired) electrons. The van der Waals surface area contributed by atoms with E-state index in [2.05, 4.69) is 42.9 Å². The van der Waals surface area contributed by atoms with Crippen molar-refractivity contribution in [2.45, 2.75) is 19.0 Å². The fraction of sp³-hybridized carbons (Fsp3) is 0.130. The van der Waals surface area contributed by atoms with Gasteiger partial charge in [0.15, 0.2) is 0 Å². The van der Waals surface area contributed by atoms with Gasteiger partial charge in [-0.2, -0.15) is 15.3 Å². The van der Waals surface area contributed by atoms with Crippen molar-refractivity contribution in [3.63, 3.8) is 0 Å². The Bertz CT molecular complexity index is 1530. The highest BCUT2D eigenvalue weighted by atomic mass is 16.1. The van der Waals surface area contributed by atoms with Crippen molar-refractivity contribution >= 4 is 39.6 Å². The quantitative estimate of drug-likeness (QED) is 0.277. The van der Waals surface area contributed by atoms with Crippen LogP contribution in [0.3, 0.4) is 0 Å². The smallest absolute Gasteiger partial charge is 0.293 e. The third-order valence-corrected chi connectivity index (χ3v) is 5.31. The van der Waals surface area contributed by atoms with Gasteiger partial charge in [0, 0.05) is 41.7 Å². The van der Waals surface area contributed by atoms with Crippen LogP contribution in [0.4, 0.5) is 5.82 Å². The summed E-state index contributed by atoms with van der Waals surface area (Å²) in [5.74, 6) is 4.81. The number of aromatic amines is 1. The largest absolute Gasteiger partial charge is 0.364 e. The van der Waals surface area contributed by atoms with Gasteiger partial charge in [0.05, 0.1) is 34.7 Å². The molecule has 5 N–H and O–H groups in total. The first kappa shape index (κ1) is 20.1. The number of nitrogens with one attached hydrogen (secondary N) is 3. The van der Waals surface area contributed by atoms with E-state index < -0.39 is 5.91 Å². The fourth-order valence-corrected chi connectivity index (χ4v) is 3.78. The van der Waals surface area contributed by atoms with E-state index >= 15 is 0 Å². The molecule has 33 heavy (non-hydrogen) atoms. The zero-order valence-corrected chi connectivity index (χ0v) is 17.3. The summed E-state index contributed by atoms with van der Waals surface area (Å²) in [6.45, 7) is 0.382. The maximum atomic E-state index is 12.9. The van der Waals surface area contributed by atoms with Crippen molar-refractivity contribution in [3.05, 3.63) is 69.9 Å². The van der Waals surface area contributed by atoms with E-state index in [1.165, 1.54) is 6.20 Å². The number of pyridine rings is 2. The van der Waals surface area contributed by atoms with E-state index in [4.69, 9.17) is 10.7 Å². The lowest BCUT2D eigenvalue weighted by atomic mass is 9.98. The first-order valence-corrected chi connectivity index (χ1v) is 10.2. The fourth-order valence-electron chi connectivity index (χ4n) is 3.78. The topological polar surface area (TPSA) is 151 Å². The lowest BCUT2D eigenvalue weighted by Crippen LogP contribution is -2.13. The number of nitrogens with zero attached hydrogens (tertiary/aromatic N) is 4. The Balaban J connectivity index is 1.73. The normalized spacial score (nSPS) is 14.6. The minimum absolute atomic E-state index is 0.0190. The van der Waals surface area contributed by atoms with Gasteiger partial charge >= 0.3 is 0 Å². The van der Waals surface area contributed by atoms with E-state index in [1.54, 1.807) is 12.3 Å². The van der Waals surface area contributed by atoms with Gasteiger partial charge in [-0.05, 0) is 23.8 Å². The molecule has 1 aliphatic rings. The van der Waals surface area contributed by atoms with Gasteiger partial charge in [0.25, 0.3) is 11.5 Å². The molecule has 0 saturated carbocycles. The van der Waals surface area contributed by atoms with Gasteiger partial charge in [-0.3, -0.25) is 9.59 Å². The number of H-pyrrole nitrogens is 1. The summed E-state index contributed by atoms with van der Waals surface area (Å²) in [4.78, 5) is 31.5. The molecule has 1 unspecified atom stereocenters. The van der Waals surface area contributed by atoms with Gasteiger partial charge in [-0.15, -0.1) is 0 Å². The van der Waals surface area contributed by atoms with Crippen molar-refractivity contribution in [2.75, 3.05) is 5.32 Å². The molecule has 0 spiro atoms. The summed E-state index contributed by atoms with van der Waals surface area (Å²) in [5.41, 5.74) is 10.4. The summed E-state index contributed by atoms with van der Waals surface area (Å²) in [6, 6.07) is 9.54. The van der Waals surface area contributed by atoms with Crippen molar-refractivity contribution in [2.24, 2.45) is 10.8 Å². The third kappa shape index (κ3) is 3.95. The number of fused-ring (bicyclic) bond motifs is 3. The average molecular weight is 438 g/mol. The van der Waals surface area contributed by atoms with E-state index in [9.17, 15) is 9.59 Å². The predicted octanol–water partition coefficient (Wildman–Crippen LogP) is 1.34. The number of carbonyl (C=O) groups is 1. The van der Waals surface area contributed by atoms with Gasteiger partial charge in [-0.25, -0.2) is 4.98 Å². The van der Waals surface area contributed by atoms with Crippen molar-refractivity contribution in [1.29, 1.82) is 0 Å². The average Bonchev–Trinajstić information content (AvgIpc) is 3.37. The minimum atomic E-state index is -0.772. The molecule has 5 rings (SSSR count). The van der Waals surface area contributed by atoms with Crippen LogP contribution in [0, 0.1) is 11.8 Å². The molecule has 162 valence electrons. The molecule has 4 heterocycles. The molecule has 1 aliphatic heterocycles. The maximum Gasteiger partial charge on any atom is 0.293 e. The Morgan fingerprint density at radius 1 is 1.27 bits per heavy atom. The Labute approximate surface area is 187 Å².